The molecule has 0 saturated heterocycles. The van der Waals surface area contributed by atoms with Gasteiger partial charge in [0.15, 0.2) is 10.8 Å². The lowest BCUT2D eigenvalue weighted by atomic mass is 10.2. The lowest BCUT2D eigenvalue weighted by Gasteiger charge is -2.41. The molecule has 0 bridgehead atoms. The van der Waals surface area contributed by atoms with Crippen molar-refractivity contribution in [2.45, 2.75) is 25.1 Å². The molecular weight excluding hydrogens is 464 g/mol. The van der Waals surface area contributed by atoms with Crippen LogP contribution in [0.3, 0.4) is 0 Å². The SMILES string of the molecule is CCOC(=O)C1=C(C)N(c2ccccc2)[C@@]2(SC(C(C)=O)=NN2c2cccc([N+](=O)[O-])c2)S1. The Balaban J connectivity index is 1.91. The minimum Gasteiger partial charge on any atom is -0.462 e. The number of nitro groups is 1. The summed E-state index contributed by atoms with van der Waals surface area (Å²) in [5.74, 6) is -0.725. The van der Waals surface area contributed by atoms with E-state index in [1.807, 2.05) is 35.2 Å². The third-order valence-electron chi connectivity index (χ3n) is 4.93. The van der Waals surface area contributed by atoms with Crippen molar-refractivity contribution < 1.29 is 19.2 Å². The fourth-order valence-corrected chi connectivity index (χ4v) is 6.49. The van der Waals surface area contributed by atoms with Crippen molar-refractivity contribution in [3.8, 4) is 0 Å². The van der Waals surface area contributed by atoms with Crippen LogP contribution in [-0.2, 0) is 14.3 Å². The van der Waals surface area contributed by atoms with Gasteiger partial charge in [0, 0.05) is 30.4 Å². The van der Waals surface area contributed by atoms with E-state index in [0.29, 0.717) is 16.3 Å². The third-order valence-corrected chi connectivity index (χ3v) is 7.90. The number of nitro benzene ring substituents is 1. The van der Waals surface area contributed by atoms with Gasteiger partial charge >= 0.3 is 5.97 Å². The van der Waals surface area contributed by atoms with Crippen molar-refractivity contribution in [2.24, 2.45) is 5.10 Å². The van der Waals surface area contributed by atoms with Gasteiger partial charge in [0.05, 0.1) is 17.2 Å². The summed E-state index contributed by atoms with van der Waals surface area (Å²) in [6.45, 7) is 5.16. The van der Waals surface area contributed by atoms with Gasteiger partial charge in [-0.05, 0) is 43.8 Å². The quantitative estimate of drug-likeness (QED) is 0.327. The van der Waals surface area contributed by atoms with E-state index < -0.39 is 15.2 Å². The maximum Gasteiger partial charge on any atom is 0.346 e. The van der Waals surface area contributed by atoms with E-state index >= 15 is 0 Å². The number of carbonyl (C=O) groups is 2. The van der Waals surface area contributed by atoms with E-state index in [0.717, 1.165) is 5.69 Å². The van der Waals surface area contributed by atoms with Crippen LogP contribution in [0.2, 0.25) is 0 Å². The van der Waals surface area contributed by atoms with Crippen molar-refractivity contribution in [3.05, 3.63) is 75.3 Å². The fourth-order valence-electron chi connectivity index (χ4n) is 3.54. The molecule has 170 valence electrons. The molecule has 1 spiro atoms. The molecule has 0 N–H and O–H groups in total. The van der Waals surface area contributed by atoms with Crippen LogP contribution in [-0.4, -0.2) is 32.7 Å². The highest BCUT2D eigenvalue weighted by Gasteiger charge is 2.58. The standard InChI is InChI=1S/C22H20N4O5S2/c1-4-31-21(28)19-14(2)24(16-9-6-5-7-10-16)22(32-19)25(23-20(33-22)15(3)27)17-11-8-12-18(13-17)26(29)30/h5-13H,4H2,1-3H3/t22-/m0/s1. The number of hydrogen-bond acceptors (Lipinski definition) is 10. The van der Waals surface area contributed by atoms with Gasteiger partial charge in [0.1, 0.15) is 4.91 Å². The van der Waals surface area contributed by atoms with Gasteiger partial charge in [-0.15, -0.1) is 0 Å². The van der Waals surface area contributed by atoms with Gasteiger partial charge in [0.25, 0.3) is 5.69 Å². The Morgan fingerprint density at radius 2 is 1.82 bits per heavy atom. The molecule has 2 heterocycles. The molecule has 0 unspecified atom stereocenters. The second kappa shape index (κ2) is 8.91. The number of Topliss-reactive ketones (excluding diaryl/α,β-unsaturated/α-hetero) is 1. The molecule has 0 aliphatic carbocycles. The number of non-ortho nitro benzene ring substituents is 1. The fraction of sp³-hybridized carbons (Fsp3) is 0.227. The molecule has 0 saturated carbocycles. The maximum atomic E-state index is 12.8. The van der Waals surface area contributed by atoms with Crippen LogP contribution in [0.4, 0.5) is 17.1 Å². The minimum atomic E-state index is -1.14. The van der Waals surface area contributed by atoms with Gasteiger partial charge < -0.3 is 9.64 Å². The Morgan fingerprint density at radius 1 is 1.12 bits per heavy atom. The first-order chi connectivity index (χ1) is 15.8. The summed E-state index contributed by atoms with van der Waals surface area (Å²) in [4.78, 5) is 38.4. The Morgan fingerprint density at radius 3 is 2.45 bits per heavy atom. The summed E-state index contributed by atoms with van der Waals surface area (Å²) >= 11 is 2.39. The number of rotatable bonds is 6. The summed E-state index contributed by atoms with van der Waals surface area (Å²) in [7, 11) is 0. The Labute approximate surface area is 198 Å². The van der Waals surface area contributed by atoms with Crippen molar-refractivity contribution >= 4 is 57.4 Å². The van der Waals surface area contributed by atoms with E-state index in [4.69, 9.17) is 4.74 Å². The number of hydrazone groups is 1. The second-order valence-electron chi connectivity index (χ2n) is 7.11. The molecular formula is C22H20N4O5S2. The number of thioether (sulfide) groups is 2. The van der Waals surface area contributed by atoms with Gasteiger partial charge in [-0.25, -0.2) is 9.80 Å². The van der Waals surface area contributed by atoms with E-state index in [-0.39, 0.29) is 23.1 Å². The molecule has 2 aromatic rings. The van der Waals surface area contributed by atoms with E-state index in [9.17, 15) is 19.7 Å². The van der Waals surface area contributed by atoms with E-state index in [2.05, 4.69) is 5.10 Å². The molecule has 2 aliphatic rings. The van der Waals surface area contributed by atoms with Crippen molar-refractivity contribution in [2.75, 3.05) is 16.5 Å². The van der Waals surface area contributed by atoms with Gasteiger partial charge in [0.2, 0.25) is 4.33 Å². The number of hydrogen-bond donors (Lipinski definition) is 0. The van der Waals surface area contributed by atoms with Crippen LogP contribution < -0.4 is 9.91 Å². The number of ketones is 1. The number of nitrogens with zero attached hydrogens (tertiary/aromatic N) is 4. The topological polar surface area (TPSA) is 105 Å². The number of anilines is 2. The predicted molar refractivity (Wildman–Crippen MR) is 130 cm³/mol. The molecule has 2 aromatic carbocycles. The van der Waals surface area contributed by atoms with Crippen LogP contribution in [0.5, 0.6) is 0 Å². The molecule has 9 nitrogen and oxygen atoms in total. The average molecular weight is 485 g/mol. The lowest BCUT2D eigenvalue weighted by Crippen LogP contribution is -2.49. The number of ether oxygens (including phenoxy) is 1. The van der Waals surface area contributed by atoms with Crippen molar-refractivity contribution in [1.82, 2.24) is 0 Å². The molecule has 11 heteroatoms. The van der Waals surface area contributed by atoms with Crippen LogP contribution in [0.1, 0.15) is 20.8 Å². The van der Waals surface area contributed by atoms with Crippen LogP contribution in [0.25, 0.3) is 0 Å². The lowest BCUT2D eigenvalue weighted by molar-refractivity contribution is -0.384. The molecule has 0 amide bonds. The molecule has 33 heavy (non-hydrogen) atoms. The molecule has 0 aromatic heterocycles. The number of allylic oxidation sites excluding steroid dienone is 1. The zero-order valence-electron chi connectivity index (χ0n) is 18.0. The highest BCUT2D eigenvalue weighted by Crippen LogP contribution is 2.60. The van der Waals surface area contributed by atoms with Gasteiger partial charge in [-0.2, -0.15) is 5.10 Å². The summed E-state index contributed by atoms with van der Waals surface area (Å²) in [5.41, 5.74) is 1.71. The zero-order valence-corrected chi connectivity index (χ0v) is 19.7. The number of carbonyl (C=O) groups excluding carboxylic acids is 2. The summed E-state index contributed by atoms with van der Waals surface area (Å²) in [6.07, 6.45) is 0. The zero-order chi connectivity index (χ0) is 23.8. The second-order valence-corrected chi connectivity index (χ2v) is 9.71. The number of benzene rings is 2. The minimum absolute atomic E-state index is 0.108. The van der Waals surface area contributed by atoms with Crippen LogP contribution in [0.15, 0.2) is 70.3 Å². The predicted octanol–water partition coefficient (Wildman–Crippen LogP) is 4.71. The first-order valence-electron chi connectivity index (χ1n) is 10.0. The molecule has 2 aliphatic heterocycles. The molecule has 0 radical (unpaired) electrons. The van der Waals surface area contributed by atoms with Crippen LogP contribution in [0, 0.1) is 10.1 Å². The third kappa shape index (κ3) is 3.98. The Hall–Kier alpha value is -3.31. The maximum absolute atomic E-state index is 12.8. The highest BCUT2D eigenvalue weighted by molar-refractivity contribution is 8.29. The number of esters is 1. The van der Waals surface area contributed by atoms with E-state index in [1.54, 1.807) is 31.0 Å². The largest absolute Gasteiger partial charge is 0.462 e. The molecule has 1 atom stereocenters. The smallest absolute Gasteiger partial charge is 0.346 e. The van der Waals surface area contributed by atoms with Crippen molar-refractivity contribution in [1.29, 1.82) is 0 Å². The number of para-hydroxylation sites is 1. The highest BCUT2D eigenvalue weighted by atomic mass is 32.2. The Bertz CT molecular complexity index is 1200. The van der Waals surface area contributed by atoms with Crippen LogP contribution >= 0.6 is 23.5 Å². The summed E-state index contributed by atoms with van der Waals surface area (Å²) in [6, 6.07) is 15.4. The van der Waals surface area contributed by atoms with Crippen molar-refractivity contribution in [3.63, 3.8) is 0 Å². The van der Waals surface area contributed by atoms with Gasteiger partial charge in [-0.3, -0.25) is 14.9 Å². The Kier molecular flexibility index (Phi) is 6.17. The average Bonchev–Trinajstić information content (AvgIpc) is 3.32. The molecule has 4 rings (SSSR count). The first kappa shape index (κ1) is 22.9. The summed E-state index contributed by atoms with van der Waals surface area (Å²) in [5, 5.41) is 17.7. The van der Waals surface area contributed by atoms with E-state index in [1.165, 1.54) is 42.6 Å². The normalized spacial score (nSPS) is 19.8. The molecule has 0 fully saturated rings. The summed E-state index contributed by atoms with van der Waals surface area (Å²) < 4.78 is 4.15. The first-order valence-corrected chi connectivity index (χ1v) is 11.7. The monoisotopic (exact) mass is 484 g/mol. The van der Waals surface area contributed by atoms with Gasteiger partial charge in [-0.1, -0.05) is 36.0 Å².